The zero-order valence-electron chi connectivity index (χ0n) is 11.2. The van der Waals surface area contributed by atoms with Crippen LogP contribution in [0, 0.1) is 0 Å². The van der Waals surface area contributed by atoms with Gasteiger partial charge in [0.1, 0.15) is 0 Å². The molecule has 4 nitrogen and oxygen atoms in total. The fourth-order valence-electron chi connectivity index (χ4n) is 1.84. The monoisotopic (exact) mass is 264 g/mol. The molecule has 0 radical (unpaired) electrons. The number of hydrogen-bond acceptors (Lipinski definition) is 4. The quantitative estimate of drug-likeness (QED) is 0.801. The first-order valence-corrected chi connectivity index (χ1v) is 7.41. The van der Waals surface area contributed by atoms with Crippen LogP contribution in [0.15, 0.2) is 24.8 Å². The van der Waals surface area contributed by atoms with E-state index in [2.05, 4.69) is 40.2 Å². The normalized spacial score (nSPS) is 13.3. The number of fused-ring (bicyclic) bond motifs is 1. The van der Waals surface area contributed by atoms with E-state index in [4.69, 9.17) is 0 Å². The molecule has 18 heavy (non-hydrogen) atoms. The van der Waals surface area contributed by atoms with Crippen molar-refractivity contribution in [2.75, 3.05) is 18.6 Å². The highest BCUT2D eigenvalue weighted by atomic mass is 32.2. The molecule has 2 heterocycles. The molecular formula is C13H20N4S. The molecule has 0 N–H and O–H groups in total. The van der Waals surface area contributed by atoms with E-state index in [9.17, 15) is 0 Å². The SMILES string of the molecule is CCSC[C@@H](C)N(C)Cc1cnc2cnccn12. The summed E-state index contributed by atoms with van der Waals surface area (Å²) in [5.41, 5.74) is 2.12. The van der Waals surface area contributed by atoms with Gasteiger partial charge in [-0.15, -0.1) is 0 Å². The lowest BCUT2D eigenvalue weighted by atomic mass is 10.3. The van der Waals surface area contributed by atoms with E-state index in [1.165, 1.54) is 17.2 Å². The average molecular weight is 264 g/mol. The van der Waals surface area contributed by atoms with Crippen molar-refractivity contribution in [3.63, 3.8) is 0 Å². The fourth-order valence-corrected chi connectivity index (χ4v) is 2.67. The van der Waals surface area contributed by atoms with Crippen LogP contribution in [-0.2, 0) is 6.54 Å². The fraction of sp³-hybridized carbons (Fsp3) is 0.538. The minimum Gasteiger partial charge on any atom is -0.300 e. The molecule has 0 amide bonds. The van der Waals surface area contributed by atoms with Gasteiger partial charge in [-0.25, -0.2) is 4.98 Å². The van der Waals surface area contributed by atoms with Crippen LogP contribution < -0.4 is 0 Å². The molecule has 1 atom stereocenters. The number of thioether (sulfide) groups is 1. The van der Waals surface area contributed by atoms with Crippen LogP contribution in [0.4, 0.5) is 0 Å². The molecule has 0 saturated heterocycles. The molecule has 0 spiro atoms. The van der Waals surface area contributed by atoms with E-state index in [-0.39, 0.29) is 0 Å². The Morgan fingerprint density at radius 3 is 3.06 bits per heavy atom. The number of hydrogen-bond donors (Lipinski definition) is 0. The van der Waals surface area contributed by atoms with Crippen LogP contribution in [0.2, 0.25) is 0 Å². The number of rotatable bonds is 6. The summed E-state index contributed by atoms with van der Waals surface area (Å²) in [5, 5.41) is 0. The molecule has 0 fully saturated rings. The summed E-state index contributed by atoms with van der Waals surface area (Å²) < 4.78 is 2.10. The lowest BCUT2D eigenvalue weighted by Gasteiger charge is -2.23. The molecule has 0 saturated carbocycles. The van der Waals surface area contributed by atoms with E-state index in [1.54, 1.807) is 12.4 Å². The average Bonchev–Trinajstić information content (AvgIpc) is 2.79. The highest BCUT2D eigenvalue weighted by Gasteiger charge is 2.11. The lowest BCUT2D eigenvalue weighted by Crippen LogP contribution is -2.31. The molecule has 2 rings (SSSR count). The molecule has 0 aromatic carbocycles. The molecule has 0 aliphatic carbocycles. The van der Waals surface area contributed by atoms with Gasteiger partial charge in [-0.05, 0) is 19.7 Å². The minimum absolute atomic E-state index is 0.572. The highest BCUT2D eigenvalue weighted by molar-refractivity contribution is 7.99. The van der Waals surface area contributed by atoms with E-state index < -0.39 is 0 Å². The van der Waals surface area contributed by atoms with Crippen molar-refractivity contribution in [1.82, 2.24) is 19.3 Å². The largest absolute Gasteiger partial charge is 0.300 e. The van der Waals surface area contributed by atoms with Gasteiger partial charge < -0.3 is 0 Å². The van der Waals surface area contributed by atoms with Gasteiger partial charge in [-0.3, -0.25) is 14.3 Å². The third-order valence-electron chi connectivity index (χ3n) is 3.12. The van der Waals surface area contributed by atoms with Crippen LogP contribution >= 0.6 is 11.8 Å². The smallest absolute Gasteiger partial charge is 0.155 e. The van der Waals surface area contributed by atoms with Gasteiger partial charge in [-0.1, -0.05) is 6.92 Å². The second-order valence-electron chi connectivity index (χ2n) is 4.48. The van der Waals surface area contributed by atoms with Gasteiger partial charge in [0.25, 0.3) is 0 Å². The maximum Gasteiger partial charge on any atom is 0.155 e. The van der Waals surface area contributed by atoms with Crippen molar-refractivity contribution in [3.8, 4) is 0 Å². The Hall–Kier alpha value is -1.07. The Morgan fingerprint density at radius 1 is 1.44 bits per heavy atom. The summed E-state index contributed by atoms with van der Waals surface area (Å²) >= 11 is 1.99. The van der Waals surface area contributed by atoms with Gasteiger partial charge in [0.05, 0.1) is 18.1 Å². The van der Waals surface area contributed by atoms with E-state index in [1.807, 2.05) is 24.2 Å². The molecular weight excluding hydrogens is 244 g/mol. The molecule has 0 bridgehead atoms. The van der Waals surface area contributed by atoms with Gasteiger partial charge in [0.15, 0.2) is 5.65 Å². The van der Waals surface area contributed by atoms with Crippen molar-refractivity contribution in [3.05, 3.63) is 30.5 Å². The van der Waals surface area contributed by atoms with Gasteiger partial charge in [0.2, 0.25) is 0 Å². The molecule has 0 aliphatic heterocycles. The van der Waals surface area contributed by atoms with Gasteiger partial charge >= 0.3 is 0 Å². The summed E-state index contributed by atoms with van der Waals surface area (Å²) in [6, 6.07) is 0.572. The predicted molar refractivity (Wildman–Crippen MR) is 76.9 cm³/mol. The molecule has 2 aromatic rings. The van der Waals surface area contributed by atoms with Crippen LogP contribution in [0.5, 0.6) is 0 Å². The minimum atomic E-state index is 0.572. The second-order valence-corrected chi connectivity index (χ2v) is 5.80. The molecule has 5 heteroatoms. The van der Waals surface area contributed by atoms with Crippen LogP contribution in [0.1, 0.15) is 19.5 Å². The Bertz CT molecular complexity index is 496. The van der Waals surface area contributed by atoms with Crippen molar-refractivity contribution in [2.24, 2.45) is 0 Å². The molecule has 98 valence electrons. The van der Waals surface area contributed by atoms with Crippen molar-refractivity contribution in [1.29, 1.82) is 0 Å². The summed E-state index contributed by atoms with van der Waals surface area (Å²) in [6.45, 7) is 5.39. The van der Waals surface area contributed by atoms with Gasteiger partial charge in [-0.2, -0.15) is 11.8 Å². The molecule has 0 unspecified atom stereocenters. The summed E-state index contributed by atoms with van der Waals surface area (Å²) in [4.78, 5) is 10.8. The summed E-state index contributed by atoms with van der Waals surface area (Å²) in [6.07, 6.45) is 7.50. The number of aromatic nitrogens is 3. The van der Waals surface area contributed by atoms with E-state index in [0.717, 1.165) is 12.2 Å². The lowest BCUT2D eigenvalue weighted by molar-refractivity contribution is 0.266. The van der Waals surface area contributed by atoms with Gasteiger partial charge in [0, 0.05) is 30.7 Å². The third-order valence-corrected chi connectivity index (χ3v) is 4.25. The Labute approximate surface area is 112 Å². The Morgan fingerprint density at radius 2 is 2.28 bits per heavy atom. The number of imidazole rings is 1. The Kier molecular flexibility index (Phi) is 4.60. The second kappa shape index (κ2) is 6.20. The standard InChI is InChI=1S/C13H20N4S/c1-4-18-10-11(2)16(3)9-12-7-15-13-8-14-5-6-17(12)13/h5-8,11H,4,9-10H2,1-3H3/t11-/m1/s1. The predicted octanol–water partition coefficient (Wildman–Crippen LogP) is 2.30. The maximum absolute atomic E-state index is 4.36. The third kappa shape index (κ3) is 3.03. The van der Waals surface area contributed by atoms with Crippen LogP contribution in [-0.4, -0.2) is 43.9 Å². The van der Waals surface area contributed by atoms with Crippen molar-refractivity contribution >= 4 is 17.4 Å². The first-order valence-electron chi connectivity index (χ1n) is 6.26. The topological polar surface area (TPSA) is 33.4 Å². The highest BCUT2D eigenvalue weighted by Crippen LogP contribution is 2.12. The zero-order chi connectivity index (χ0) is 13.0. The van der Waals surface area contributed by atoms with Crippen molar-refractivity contribution in [2.45, 2.75) is 26.4 Å². The molecule has 0 aliphatic rings. The Balaban J connectivity index is 2.04. The first kappa shape index (κ1) is 13.4. The summed E-state index contributed by atoms with van der Waals surface area (Å²) in [7, 11) is 2.17. The van der Waals surface area contributed by atoms with E-state index in [0.29, 0.717) is 6.04 Å². The number of nitrogens with zero attached hydrogens (tertiary/aromatic N) is 4. The van der Waals surface area contributed by atoms with Crippen molar-refractivity contribution < 1.29 is 0 Å². The van der Waals surface area contributed by atoms with Crippen LogP contribution in [0.25, 0.3) is 5.65 Å². The zero-order valence-corrected chi connectivity index (χ0v) is 12.0. The molecule has 2 aromatic heterocycles. The van der Waals surface area contributed by atoms with Crippen LogP contribution in [0.3, 0.4) is 0 Å². The maximum atomic E-state index is 4.36. The first-order chi connectivity index (χ1) is 8.72. The van der Waals surface area contributed by atoms with E-state index >= 15 is 0 Å². The summed E-state index contributed by atoms with van der Waals surface area (Å²) in [5.74, 6) is 2.35.